The Labute approximate surface area is 209 Å². The van der Waals surface area contributed by atoms with Crippen molar-refractivity contribution in [3.05, 3.63) is 70.8 Å². The molecule has 0 radical (unpaired) electrons. The zero-order chi connectivity index (χ0) is 24.9. The number of rotatable bonds is 8. The molecular formula is C26H29N5O3S. The highest BCUT2D eigenvalue weighted by molar-refractivity contribution is 8.18. The number of aromatic nitrogens is 1. The molecule has 1 saturated heterocycles. The predicted octanol–water partition coefficient (Wildman–Crippen LogP) is 3.79. The summed E-state index contributed by atoms with van der Waals surface area (Å²) in [6, 6.07) is 17.5. The number of hydrogen-bond donors (Lipinski definition) is 1. The first-order valence-electron chi connectivity index (χ1n) is 11.3. The van der Waals surface area contributed by atoms with Gasteiger partial charge in [0.15, 0.2) is 5.17 Å². The Balaban J connectivity index is 1.71. The molecule has 9 heteroatoms. The predicted molar refractivity (Wildman–Crippen MR) is 141 cm³/mol. The zero-order valence-electron chi connectivity index (χ0n) is 20.3. The molecule has 8 nitrogen and oxygen atoms in total. The number of ether oxygens (including phenoxy) is 1. The van der Waals surface area contributed by atoms with E-state index in [1.807, 2.05) is 86.3 Å². The Morgan fingerprint density at radius 2 is 1.86 bits per heavy atom. The van der Waals surface area contributed by atoms with Gasteiger partial charge in [0.2, 0.25) is 5.91 Å². The van der Waals surface area contributed by atoms with Crippen LogP contribution in [0.1, 0.15) is 11.3 Å². The Morgan fingerprint density at radius 1 is 1.14 bits per heavy atom. The molecule has 1 fully saturated rings. The van der Waals surface area contributed by atoms with Gasteiger partial charge in [0, 0.05) is 49.9 Å². The number of nitrogens with zero attached hydrogens (tertiary/aromatic N) is 4. The summed E-state index contributed by atoms with van der Waals surface area (Å²) in [6.45, 7) is 3.08. The van der Waals surface area contributed by atoms with Gasteiger partial charge in [0.1, 0.15) is 6.54 Å². The minimum absolute atomic E-state index is 0.0903. The third kappa shape index (κ3) is 5.32. The highest BCUT2D eigenvalue weighted by atomic mass is 32.2. The van der Waals surface area contributed by atoms with Gasteiger partial charge in [-0.3, -0.25) is 9.59 Å². The lowest BCUT2D eigenvalue weighted by Gasteiger charge is -2.22. The van der Waals surface area contributed by atoms with E-state index in [-0.39, 0.29) is 18.4 Å². The highest BCUT2D eigenvalue weighted by Gasteiger charge is 2.35. The van der Waals surface area contributed by atoms with Crippen LogP contribution in [-0.2, 0) is 20.9 Å². The molecule has 0 aliphatic carbocycles. The molecule has 2 amide bonds. The van der Waals surface area contributed by atoms with E-state index >= 15 is 0 Å². The van der Waals surface area contributed by atoms with E-state index in [1.165, 1.54) is 11.8 Å². The van der Waals surface area contributed by atoms with Gasteiger partial charge < -0.3 is 14.6 Å². The van der Waals surface area contributed by atoms with E-state index in [9.17, 15) is 9.59 Å². The summed E-state index contributed by atoms with van der Waals surface area (Å²) in [5, 5.41) is 7.76. The van der Waals surface area contributed by atoms with Crippen LogP contribution in [-0.4, -0.2) is 65.9 Å². The maximum Gasteiger partial charge on any atom is 0.281 e. The lowest BCUT2D eigenvalue weighted by atomic mass is 10.1. The molecule has 3 aromatic rings. The van der Waals surface area contributed by atoms with Crippen LogP contribution in [0.3, 0.4) is 0 Å². The number of aliphatic imine (C=N–C) groups is 1. The van der Waals surface area contributed by atoms with Crippen LogP contribution >= 0.6 is 11.8 Å². The molecule has 1 aliphatic rings. The molecule has 2 heterocycles. The number of nitrogens with one attached hydrogen (secondary N) is 1. The number of benzene rings is 2. The Hall–Kier alpha value is -3.40. The van der Waals surface area contributed by atoms with E-state index in [0.717, 1.165) is 27.8 Å². The van der Waals surface area contributed by atoms with Crippen molar-refractivity contribution in [2.75, 3.05) is 34.4 Å². The van der Waals surface area contributed by atoms with E-state index in [2.05, 4.69) is 5.32 Å². The fourth-order valence-electron chi connectivity index (χ4n) is 3.97. The smallest absolute Gasteiger partial charge is 0.281 e. The van der Waals surface area contributed by atoms with Gasteiger partial charge in [-0.1, -0.05) is 36.4 Å². The van der Waals surface area contributed by atoms with Gasteiger partial charge in [0.05, 0.1) is 17.2 Å². The standard InChI is InChI=1S/C26H29N5O3S/c1-18-21(20-12-8-9-13-22(20)30(18)17-24(32)27-14-15-34-4)16-23-25(33)31(29(2)3)26(35-23)28-19-10-6-5-7-11-19/h5-13,16H,14-15,17H2,1-4H3,(H,27,32)/b23-16-,28-26?. The summed E-state index contributed by atoms with van der Waals surface area (Å²) in [5.74, 6) is -0.226. The molecule has 0 unspecified atom stereocenters. The first-order chi connectivity index (χ1) is 16.9. The van der Waals surface area contributed by atoms with E-state index in [4.69, 9.17) is 9.73 Å². The number of carbonyl (C=O) groups is 2. The maximum atomic E-state index is 13.4. The summed E-state index contributed by atoms with van der Waals surface area (Å²) < 4.78 is 7.00. The van der Waals surface area contributed by atoms with Crippen LogP contribution in [0.4, 0.5) is 5.69 Å². The minimum atomic E-state index is -0.136. The first-order valence-corrected chi connectivity index (χ1v) is 12.1. The summed E-state index contributed by atoms with van der Waals surface area (Å²) in [4.78, 5) is 31.2. The fourth-order valence-corrected chi connectivity index (χ4v) is 5.00. The molecule has 0 spiro atoms. The molecule has 2 aromatic carbocycles. The molecule has 0 atom stereocenters. The molecule has 1 aliphatic heterocycles. The quantitative estimate of drug-likeness (QED) is 0.383. The van der Waals surface area contributed by atoms with E-state index in [1.54, 1.807) is 17.1 Å². The van der Waals surface area contributed by atoms with E-state index < -0.39 is 0 Å². The SMILES string of the molecule is COCCNC(=O)Cn1c(C)c(/C=C2\SC(=Nc3ccccc3)N(N(C)C)C2=O)c2ccccc21. The fraction of sp³-hybridized carbons (Fsp3) is 0.269. The van der Waals surface area contributed by atoms with Crippen molar-refractivity contribution in [1.82, 2.24) is 19.9 Å². The average Bonchev–Trinajstić information content (AvgIpc) is 3.29. The molecule has 182 valence electrons. The van der Waals surface area contributed by atoms with Gasteiger partial charge in [-0.15, -0.1) is 0 Å². The molecule has 4 rings (SSSR count). The van der Waals surface area contributed by atoms with Gasteiger partial charge in [-0.05, 0) is 43.0 Å². The highest BCUT2D eigenvalue weighted by Crippen LogP contribution is 2.37. The van der Waals surface area contributed by atoms with E-state index in [0.29, 0.717) is 23.2 Å². The second kappa shape index (κ2) is 10.9. The Kier molecular flexibility index (Phi) is 7.70. The summed E-state index contributed by atoms with van der Waals surface area (Å²) in [5.41, 5.74) is 3.56. The maximum absolute atomic E-state index is 13.4. The van der Waals surface area contributed by atoms with Crippen molar-refractivity contribution in [3.63, 3.8) is 0 Å². The van der Waals surface area contributed by atoms with Gasteiger partial charge >= 0.3 is 0 Å². The van der Waals surface area contributed by atoms with Crippen LogP contribution in [0, 0.1) is 6.92 Å². The number of hydrazine groups is 1. The number of para-hydroxylation sites is 2. The third-order valence-electron chi connectivity index (χ3n) is 5.65. The number of thioether (sulfide) groups is 1. The van der Waals surface area contributed by atoms with Crippen molar-refractivity contribution in [3.8, 4) is 0 Å². The van der Waals surface area contributed by atoms with Crippen molar-refractivity contribution in [2.24, 2.45) is 4.99 Å². The largest absolute Gasteiger partial charge is 0.383 e. The van der Waals surface area contributed by atoms with Crippen LogP contribution in [0.2, 0.25) is 0 Å². The van der Waals surface area contributed by atoms with Gasteiger partial charge in [-0.2, -0.15) is 0 Å². The number of amidine groups is 1. The van der Waals surface area contributed by atoms with Crippen LogP contribution in [0.25, 0.3) is 17.0 Å². The number of hydrogen-bond acceptors (Lipinski definition) is 6. The molecule has 1 aromatic heterocycles. The number of fused-ring (bicyclic) bond motifs is 1. The number of methoxy groups -OCH3 is 1. The van der Waals surface area contributed by atoms with Crippen molar-refractivity contribution >= 4 is 51.4 Å². The van der Waals surface area contributed by atoms with Crippen molar-refractivity contribution < 1.29 is 14.3 Å². The topological polar surface area (TPSA) is 79.2 Å². The zero-order valence-corrected chi connectivity index (χ0v) is 21.1. The average molecular weight is 492 g/mol. The monoisotopic (exact) mass is 491 g/mol. The van der Waals surface area contributed by atoms with Gasteiger partial charge in [0.25, 0.3) is 5.91 Å². The third-order valence-corrected chi connectivity index (χ3v) is 6.61. The molecule has 35 heavy (non-hydrogen) atoms. The van der Waals surface area contributed by atoms with Crippen LogP contribution in [0.5, 0.6) is 0 Å². The minimum Gasteiger partial charge on any atom is -0.383 e. The first kappa shape index (κ1) is 24.7. The lowest BCUT2D eigenvalue weighted by Crippen LogP contribution is -2.40. The summed E-state index contributed by atoms with van der Waals surface area (Å²) in [6.07, 6.45) is 1.91. The molecule has 0 saturated carbocycles. The second-order valence-corrected chi connectivity index (χ2v) is 9.26. The van der Waals surface area contributed by atoms with Crippen molar-refractivity contribution in [1.29, 1.82) is 0 Å². The Bertz CT molecular complexity index is 1300. The van der Waals surface area contributed by atoms with Crippen molar-refractivity contribution in [2.45, 2.75) is 13.5 Å². The molecule has 0 bridgehead atoms. The Morgan fingerprint density at radius 3 is 2.57 bits per heavy atom. The second-order valence-electron chi connectivity index (χ2n) is 8.25. The van der Waals surface area contributed by atoms with Crippen LogP contribution < -0.4 is 5.32 Å². The van der Waals surface area contributed by atoms with Gasteiger partial charge in [-0.25, -0.2) is 15.0 Å². The number of carbonyl (C=O) groups excluding carboxylic acids is 2. The molecular weight excluding hydrogens is 462 g/mol. The number of amides is 2. The van der Waals surface area contributed by atoms with Crippen LogP contribution in [0.15, 0.2) is 64.5 Å². The normalized spacial score (nSPS) is 16.3. The lowest BCUT2D eigenvalue weighted by molar-refractivity contribution is -0.130. The summed E-state index contributed by atoms with van der Waals surface area (Å²) >= 11 is 1.34. The molecule has 1 N–H and O–H groups in total. The summed E-state index contributed by atoms with van der Waals surface area (Å²) in [7, 11) is 5.24.